The van der Waals surface area contributed by atoms with Crippen LogP contribution in [0.5, 0.6) is 11.5 Å². The van der Waals surface area contributed by atoms with Gasteiger partial charge in [0.15, 0.2) is 0 Å². The van der Waals surface area contributed by atoms with Gasteiger partial charge in [-0.1, -0.05) is 60.7 Å². The molecule has 0 unspecified atom stereocenters. The number of carbonyl (C=O) groups is 1. The van der Waals surface area contributed by atoms with E-state index in [-0.39, 0.29) is 5.91 Å². The van der Waals surface area contributed by atoms with Gasteiger partial charge in [-0.25, -0.2) is 0 Å². The average Bonchev–Trinajstić information content (AvgIpc) is 3.30. The smallest absolute Gasteiger partial charge is 0.244 e. The van der Waals surface area contributed by atoms with Gasteiger partial charge < -0.3 is 19.8 Å². The van der Waals surface area contributed by atoms with Crippen LogP contribution in [-0.4, -0.2) is 43.9 Å². The highest BCUT2D eigenvalue weighted by molar-refractivity contribution is 6.16. The number of hydrogen-bond donors (Lipinski definition) is 2. The van der Waals surface area contributed by atoms with Crippen LogP contribution in [0.4, 0.5) is 0 Å². The van der Waals surface area contributed by atoms with E-state index in [1.54, 1.807) is 26.4 Å². The van der Waals surface area contributed by atoms with Crippen LogP contribution in [0.15, 0.2) is 84.4 Å². The molecule has 0 spiro atoms. The van der Waals surface area contributed by atoms with Crippen molar-refractivity contribution in [3.63, 3.8) is 0 Å². The first kappa shape index (κ1) is 25.5. The van der Waals surface area contributed by atoms with E-state index in [1.807, 2.05) is 36.4 Å². The van der Waals surface area contributed by atoms with Gasteiger partial charge in [0.25, 0.3) is 0 Å². The summed E-state index contributed by atoms with van der Waals surface area (Å²) in [5.41, 5.74) is 6.71. The van der Waals surface area contributed by atoms with Crippen molar-refractivity contribution in [2.45, 2.75) is 6.92 Å². The molecule has 1 amide bonds. The third-order valence-corrected chi connectivity index (χ3v) is 6.04. The van der Waals surface area contributed by atoms with Crippen molar-refractivity contribution < 1.29 is 14.3 Å². The number of para-hydroxylation sites is 1. The van der Waals surface area contributed by atoms with Gasteiger partial charge in [0, 0.05) is 40.2 Å². The second kappa shape index (κ2) is 11.9. The number of carbonyl (C=O) groups excluding carboxylic acids is 1. The molecule has 1 aromatic heterocycles. The lowest BCUT2D eigenvalue weighted by atomic mass is 10.0. The van der Waals surface area contributed by atoms with E-state index in [0.717, 1.165) is 39.0 Å². The number of nitrogens with one attached hydrogen (secondary N) is 2. The summed E-state index contributed by atoms with van der Waals surface area (Å²) in [6.45, 7) is 6.89. The highest BCUT2D eigenvalue weighted by atomic mass is 16.5. The molecule has 188 valence electrons. The summed E-state index contributed by atoms with van der Waals surface area (Å²) < 4.78 is 10.6. The molecule has 1 heterocycles. The van der Waals surface area contributed by atoms with Crippen LogP contribution in [0.2, 0.25) is 0 Å². The van der Waals surface area contributed by atoms with Gasteiger partial charge in [0.2, 0.25) is 5.91 Å². The van der Waals surface area contributed by atoms with E-state index in [2.05, 4.69) is 54.1 Å². The third kappa shape index (κ3) is 5.98. The number of aryl methyl sites for hydroxylation is 1. The lowest BCUT2D eigenvalue weighted by molar-refractivity contribution is -0.116. The van der Waals surface area contributed by atoms with E-state index >= 15 is 0 Å². The second-order valence-electron chi connectivity index (χ2n) is 8.49. The van der Waals surface area contributed by atoms with E-state index < -0.39 is 0 Å². The van der Waals surface area contributed by atoms with Crippen LogP contribution in [0.3, 0.4) is 0 Å². The Morgan fingerprint density at radius 3 is 2.57 bits per heavy atom. The Morgan fingerprint density at radius 2 is 1.84 bits per heavy atom. The molecule has 0 radical (unpaired) electrons. The molecular weight excluding hydrogens is 462 g/mol. The Bertz CT molecular complexity index is 1460. The normalized spacial score (nSPS) is 11.6. The molecule has 0 saturated heterocycles. The van der Waals surface area contributed by atoms with Crippen LogP contribution < -0.4 is 14.8 Å². The lowest BCUT2D eigenvalue weighted by Gasteiger charge is -2.09. The standard InChI is InChI=1S/C31H31N3O3/c1-5-25-26-8-6-7-9-27(26)34-31(25)30(22-12-10-21(2)11-13-22)33-19-18-32-29(35)17-14-23-20-24(36-3)15-16-28(23)37-4/h5-17,20,34H,1,18-19H2,2-4H3,(H,32,35)/b17-14+,33-30?. The largest absolute Gasteiger partial charge is 0.497 e. The molecule has 6 nitrogen and oxygen atoms in total. The Labute approximate surface area is 217 Å². The number of H-pyrrole nitrogens is 1. The SMILES string of the molecule is C=Cc1c(C(=NCCNC(=O)/C=C/c2cc(OC)ccc2OC)c2ccc(C)cc2)[nH]c2ccccc12. The van der Waals surface area contributed by atoms with Crippen LogP contribution in [0.25, 0.3) is 23.1 Å². The molecular formula is C31H31N3O3. The van der Waals surface area contributed by atoms with Crippen LogP contribution in [0, 0.1) is 6.92 Å². The third-order valence-electron chi connectivity index (χ3n) is 6.04. The number of nitrogens with zero attached hydrogens (tertiary/aromatic N) is 1. The summed E-state index contributed by atoms with van der Waals surface area (Å²) in [6, 6.07) is 21.8. The zero-order chi connectivity index (χ0) is 26.2. The fourth-order valence-electron chi connectivity index (χ4n) is 4.13. The van der Waals surface area contributed by atoms with Crippen molar-refractivity contribution in [2.75, 3.05) is 27.3 Å². The molecule has 0 aliphatic rings. The van der Waals surface area contributed by atoms with Gasteiger partial charge in [-0.3, -0.25) is 9.79 Å². The van der Waals surface area contributed by atoms with Crippen molar-refractivity contribution in [3.8, 4) is 11.5 Å². The van der Waals surface area contributed by atoms with Gasteiger partial charge in [-0.15, -0.1) is 0 Å². The summed E-state index contributed by atoms with van der Waals surface area (Å²) in [4.78, 5) is 20.9. The van der Waals surface area contributed by atoms with Gasteiger partial charge in [0.1, 0.15) is 11.5 Å². The van der Waals surface area contributed by atoms with Crippen LogP contribution >= 0.6 is 0 Å². The fourth-order valence-corrected chi connectivity index (χ4v) is 4.13. The molecule has 37 heavy (non-hydrogen) atoms. The van der Waals surface area contributed by atoms with Crippen LogP contribution in [0.1, 0.15) is 27.9 Å². The quantitative estimate of drug-likeness (QED) is 0.166. The number of hydrogen-bond acceptors (Lipinski definition) is 4. The molecule has 0 saturated carbocycles. The Kier molecular flexibility index (Phi) is 8.21. The molecule has 3 aromatic carbocycles. The minimum Gasteiger partial charge on any atom is -0.497 e. The molecule has 6 heteroatoms. The number of benzene rings is 3. The Hall–Kier alpha value is -4.58. The maximum Gasteiger partial charge on any atom is 0.244 e. The van der Waals surface area contributed by atoms with E-state index in [4.69, 9.17) is 14.5 Å². The van der Waals surface area contributed by atoms with E-state index in [9.17, 15) is 4.79 Å². The molecule has 2 N–H and O–H groups in total. The van der Waals surface area contributed by atoms with Crippen LogP contribution in [-0.2, 0) is 4.79 Å². The highest BCUT2D eigenvalue weighted by Crippen LogP contribution is 2.27. The summed E-state index contributed by atoms with van der Waals surface area (Å²) in [6.07, 6.45) is 5.05. The van der Waals surface area contributed by atoms with E-state index in [0.29, 0.717) is 24.6 Å². The number of aliphatic imine (C=N–C) groups is 1. The number of methoxy groups -OCH3 is 2. The predicted molar refractivity (Wildman–Crippen MR) is 152 cm³/mol. The molecule has 0 aliphatic heterocycles. The zero-order valence-electron chi connectivity index (χ0n) is 21.4. The highest BCUT2D eigenvalue weighted by Gasteiger charge is 2.16. The number of aromatic amines is 1. The van der Waals surface area contributed by atoms with Gasteiger partial charge in [0.05, 0.1) is 32.2 Å². The first-order chi connectivity index (χ1) is 18.0. The number of fused-ring (bicyclic) bond motifs is 1. The second-order valence-corrected chi connectivity index (χ2v) is 8.49. The van der Waals surface area contributed by atoms with Crippen molar-refractivity contribution in [1.82, 2.24) is 10.3 Å². The minimum absolute atomic E-state index is 0.214. The zero-order valence-corrected chi connectivity index (χ0v) is 21.4. The summed E-state index contributed by atoms with van der Waals surface area (Å²) in [5, 5.41) is 4.00. The number of ether oxygens (including phenoxy) is 2. The van der Waals surface area contributed by atoms with Gasteiger partial charge in [-0.05, 0) is 37.3 Å². The predicted octanol–water partition coefficient (Wildman–Crippen LogP) is 5.80. The number of aromatic nitrogens is 1. The first-order valence-electron chi connectivity index (χ1n) is 12.1. The minimum atomic E-state index is -0.214. The number of amides is 1. The first-order valence-corrected chi connectivity index (χ1v) is 12.1. The molecule has 0 aliphatic carbocycles. The Balaban J connectivity index is 1.52. The van der Waals surface area contributed by atoms with Gasteiger partial charge in [-0.2, -0.15) is 0 Å². The van der Waals surface area contributed by atoms with Crippen molar-refractivity contribution >= 4 is 34.7 Å². The molecule has 0 atom stereocenters. The Morgan fingerprint density at radius 1 is 1.05 bits per heavy atom. The molecule has 4 rings (SSSR count). The maximum absolute atomic E-state index is 12.5. The topological polar surface area (TPSA) is 75.7 Å². The fraction of sp³-hybridized carbons (Fsp3) is 0.161. The molecule has 0 bridgehead atoms. The van der Waals surface area contributed by atoms with Gasteiger partial charge >= 0.3 is 0 Å². The summed E-state index contributed by atoms with van der Waals surface area (Å²) in [7, 11) is 3.19. The summed E-state index contributed by atoms with van der Waals surface area (Å²) in [5.74, 6) is 1.14. The van der Waals surface area contributed by atoms with Crippen molar-refractivity contribution in [1.29, 1.82) is 0 Å². The maximum atomic E-state index is 12.5. The summed E-state index contributed by atoms with van der Waals surface area (Å²) >= 11 is 0. The molecule has 4 aromatic rings. The lowest BCUT2D eigenvalue weighted by Crippen LogP contribution is -2.24. The van der Waals surface area contributed by atoms with Crippen molar-refractivity contribution in [2.24, 2.45) is 4.99 Å². The average molecular weight is 494 g/mol. The van der Waals surface area contributed by atoms with E-state index in [1.165, 1.54) is 11.6 Å². The van der Waals surface area contributed by atoms with Crippen molar-refractivity contribution in [3.05, 3.63) is 107 Å². The number of rotatable bonds is 10. The molecule has 0 fully saturated rings. The monoisotopic (exact) mass is 493 g/mol.